The second kappa shape index (κ2) is 6.19. The van der Waals surface area contributed by atoms with Crippen molar-refractivity contribution >= 4 is 16.9 Å². The SMILES string of the molecule is CC1CCCCC1Nc1ncnc2c1cnn2-c1cccc(F)c1. The number of halogens is 1. The fourth-order valence-corrected chi connectivity index (χ4v) is 3.46. The Morgan fingerprint density at radius 1 is 1.21 bits per heavy atom. The standard InChI is InChI=1S/C18H20FN5/c1-12-5-2-3-8-16(12)23-17-15-10-22-24(18(15)21-11-20-17)14-7-4-6-13(19)9-14/h4,6-7,9-12,16H,2-3,5,8H2,1H3,(H,20,21,23). The second-order valence-electron chi connectivity index (χ2n) is 6.51. The minimum Gasteiger partial charge on any atom is -0.366 e. The van der Waals surface area contributed by atoms with Crippen molar-refractivity contribution in [1.29, 1.82) is 0 Å². The Bertz CT molecular complexity index is 859. The zero-order valence-electron chi connectivity index (χ0n) is 13.6. The van der Waals surface area contributed by atoms with Crippen molar-refractivity contribution in [3.05, 3.63) is 42.6 Å². The number of anilines is 1. The third-order valence-electron chi connectivity index (χ3n) is 4.85. The van der Waals surface area contributed by atoms with E-state index >= 15 is 0 Å². The highest BCUT2D eigenvalue weighted by molar-refractivity contribution is 5.87. The zero-order chi connectivity index (χ0) is 16.5. The van der Waals surface area contributed by atoms with Gasteiger partial charge in [0.15, 0.2) is 5.65 Å². The number of nitrogens with zero attached hydrogens (tertiary/aromatic N) is 4. The van der Waals surface area contributed by atoms with Gasteiger partial charge in [-0.1, -0.05) is 25.8 Å². The van der Waals surface area contributed by atoms with Crippen LogP contribution in [0.1, 0.15) is 32.6 Å². The van der Waals surface area contributed by atoms with Crippen LogP contribution >= 0.6 is 0 Å². The van der Waals surface area contributed by atoms with Gasteiger partial charge in [-0.2, -0.15) is 5.10 Å². The average Bonchev–Trinajstić information content (AvgIpc) is 3.02. The van der Waals surface area contributed by atoms with Crippen LogP contribution in [0.25, 0.3) is 16.7 Å². The molecule has 24 heavy (non-hydrogen) atoms. The van der Waals surface area contributed by atoms with Gasteiger partial charge in [0.25, 0.3) is 0 Å². The molecule has 1 fully saturated rings. The molecule has 0 amide bonds. The lowest BCUT2D eigenvalue weighted by atomic mass is 9.86. The fourth-order valence-electron chi connectivity index (χ4n) is 3.46. The van der Waals surface area contributed by atoms with E-state index in [0.717, 1.165) is 17.6 Å². The van der Waals surface area contributed by atoms with E-state index in [-0.39, 0.29) is 5.82 Å². The number of rotatable bonds is 3. The molecule has 2 aromatic heterocycles. The van der Waals surface area contributed by atoms with Crippen LogP contribution in [0.2, 0.25) is 0 Å². The van der Waals surface area contributed by atoms with Crippen molar-refractivity contribution in [2.45, 2.75) is 38.6 Å². The Hall–Kier alpha value is -2.50. The van der Waals surface area contributed by atoms with Gasteiger partial charge in [-0.05, 0) is 37.0 Å². The molecular weight excluding hydrogens is 305 g/mol. The Balaban J connectivity index is 1.71. The maximum atomic E-state index is 13.5. The predicted octanol–water partition coefficient (Wildman–Crippen LogP) is 3.95. The fraction of sp³-hybridized carbons (Fsp3) is 0.389. The zero-order valence-corrected chi connectivity index (χ0v) is 13.6. The van der Waals surface area contributed by atoms with Crippen molar-refractivity contribution in [1.82, 2.24) is 19.7 Å². The third-order valence-corrected chi connectivity index (χ3v) is 4.85. The van der Waals surface area contributed by atoms with E-state index in [9.17, 15) is 4.39 Å². The summed E-state index contributed by atoms with van der Waals surface area (Å²) in [7, 11) is 0. The molecule has 0 radical (unpaired) electrons. The van der Waals surface area contributed by atoms with Gasteiger partial charge in [0.05, 0.1) is 17.3 Å². The van der Waals surface area contributed by atoms with E-state index in [2.05, 4.69) is 27.3 Å². The smallest absolute Gasteiger partial charge is 0.168 e. The first-order valence-corrected chi connectivity index (χ1v) is 8.43. The number of nitrogens with one attached hydrogen (secondary N) is 1. The summed E-state index contributed by atoms with van der Waals surface area (Å²) in [6.45, 7) is 2.28. The molecule has 1 aromatic carbocycles. The lowest BCUT2D eigenvalue weighted by Gasteiger charge is -2.29. The van der Waals surface area contributed by atoms with Crippen LogP contribution < -0.4 is 5.32 Å². The van der Waals surface area contributed by atoms with E-state index in [0.29, 0.717) is 23.3 Å². The molecule has 0 spiro atoms. The average molecular weight is 325 g/mol. The van der Waals surface area contributed by atoms with Crippen LogP contribution in [-0.4, -0.2) is 25.8 Å². The molecule has 3 aromatic rings. The molecule has 0 aliphatic heterocycles. The topological polar surface area (TPSA) is 55.6 Å². The van der Waals surface area contributed by atoms with E-state index in [1.807, 2.05) is 6.07 Å². The number of aromatic nitrogens is 4. The number of hydrogen-bond donors (Lipinski definition) is 1. The van der Waals surface area contributed by atoms with Crippen LogP contribution in [0.5, 0.6) is 0 Å². The minimum absolute atomic E-state index is 0.292. The van der Waals surface area contributed by atoms with Crippen LogP contribution in [0.4, 0.5) is 10.2 Å². The summed E-state index contributed by atoms with van der Waals surface area (Å²) in [6.07, 6.45) is 8.24. The Morgan fingerprint density at radius 3 is 2.92 bits per heavy atom. The van der Waals surface area contributed by atoms with Gasteiger partial charge in [-0.3, -0.25) is 0 Å². The van der Waals surface area contributed by atoms with Crippen molar-refractivity contribution in [3.63, 3.8) is 0 Å². The number of fused-ring (bicyclic) bond motifs is 1. The van der Waals surface area contributed by atoms with Gasteiger partial charge in [0, 0.05) is 6.04 Å². The highest BCUT2D eigenvalue weighted by Crippen LogP contribution is 2.29. The Labute approximate surface area is 139 Å². The molecule has 2 unspecified atom stereocenters. The number of hydrogen-bond acceptors (Lipinski definition) is 4. The number of benzene rings is 1. The quantitative estimate of drug-likeness (QED) is 0.792. The van der Waals surface area contributed by atoms with Gasteiger partial charge < -0.3 is 5.32 Å². The molecule has 124 valence electrons. The van der Waals surface area contributed by atoms with Gasteiger partial charge in [0.2, 0.25) is 0 Å². The van der Waals surface area contributed by atoms with Gasteiger partial charge in [-0.15, -0.1) is 0 Å². The largest absolute Gasteiger partial charge is 0.366 e. The van der Waals surface area contributed by atoms with Crippen LogP contribution in [0, 0.1) is 11.7 Å². The summed E-state index contributed by atoms with van der Waals surface area (Å²) in [5.41, 5.74) is 1.34. The molecule has 2 heterocycles. The maximum absolute atomic E-state index is 13.5. The summed E-state index contributed by atoms with van der Waals surface area (Å²) in [6, 6.07) is 6.78. The normalized spacial score (nSPS) is 21.1. The van der Waals surface area contributed by atoms with Crippen LogP contribution in [0.15, 0.2) is 36.8 Å². The lowest BCUT2D eigenvalue weighted by molar-refractivity contribution is 0.349. The van der Waals surface area contributed by atoms with Gasteiger partial charge in [0.1, 0.15) is 18.0 Å². The molecule has 1 saturated carbocycles. The van der Waals surface area contributed by atoms with E-state index in [1.165, 1.54) is 37.7 Å². The summed E-state index contributed by atoms with van der Waals surface area (Å²) in [4.78, 5) is 8.76. The Morgan fingerprint density at radius 2 is 2.08 bits per heavy atom. The van der Waals surface area contributed by atoms with Crippen molar-refractivity contribution in [3.8, 4) is 5.69 Å². The van der Waals surface area contributed by atoms with E-state index in [1.54, 1.807) is 16.9 Å². The molecule has 1 aliphatic rings. The monoisotopic (exact) mass is 325 g/mol. The van der Waals surface area contributed by atoms with E-state index < -0.39 is 0 Å². The van der Waals surface area contributed by atoms with Crippen LogP contribution in [-0.2, 0) is 0 Å². The van der Waals surface area contributed by atoms with Gasteiger partial charge in [-0.25, -0.2) is 19.0 Å². The third kappa shape index (κ3) is 2.72. The maximum Gasteiger partial charge on any atom is 0.168 e. The van der Waals surface area contributed by atoms with Crippen molar-refractivity contribution in [2.75, 3.05) is 5.32 Å². The summed E-state index contributed by atoms with van der Waals surface area (Å²) in [5.74, 6) is 1.14. The molecule has 0 bridgehead atoms. The van der Waals surface area contributed by atoms with Crippen molar-refractivity contribution in [2.24, 2.45) is 5.92 Å². The molecule has 6 heteroatoms. The van der Waals surface area contributed by atoms with Crippen LogP contribution in [0.3, 0.4) is 0 Å². The predicted molar refractivity (Wildman–Crippen MR) is 91.7 cm³/mol. The summed E-state index contributed by atoms with van der Waals surface area (Å²) in [5, 5.41) is 8.82. The highest BCUT2D eigenvalue weighted by Gasteiger charge is 2.22. The minimum atomic E-state index is -0.292. The van der Waals surface area contributed by atoms with E-state index in [4.69, 9.17) is 0 Å². The molecule has 1 aliphatic carbocycles. The first-order chi connectivity index (χ1) is 11.7. The molecular formula is C18H20FN5. The highest BCUT2D eigenvalue weighted by atomic mass is 19.1. The van der Waals surface area contributed by atoms with Crippen molar-refractivity contribution < 1.29 is 4.39 Å². The lowest BCUT2D eigenvalue weighted by Crippen LogP contribution is -2.30. The molecule has 4 rings (SSSR count). The van der Waals surface area contributed by atoms with Gasteiger partial charge >= 0.3 is 0 Å². The first kappa shape index (κ1) is 15.1. The summed E-state index contributed by atoms with van der Waals surface area (Å²) < 4.78 is 15.2. The summed E-state index contributed by atoms with van der Waals surface area (Å²) >= 11 is 0. The Kier molecular flexibility index (Phi) is 3.88. The second-order valence-corrected chi connectivity index (χ2v) is 6.51. The molecule has 0 saturated heterocycles. The molecule has 5 nitrogen and oxygen atoms in total. The molecule has 1 N–H and O–H groups in total. The first-order valence-electron chi connectivity index (χ1n) is 8.43. The molecule has 2 atom stereocenters.